The van der Waals surface area contributed by atoms with Gasteiger partial charge in [0.25, 0.3) is 0 Å². The third-order valence-electron chi connectivity index (χ3n) is 4.58. The van der Waals surface area contributed by atoms with E-state index in [4.69, 9.17) is 10.5 Å². The van der Waals surface area contributed by atoms with Crippen LogP contribution in [-0.4, -0.2) is 26.7 Å². The van der Waals surface area contributed by atoms with Crippen molar-refractivity contribution in [3.8, 4) is 5.75 Å². The van der Waals surface area contributed by atoms with Gasteiger partial charge in [0.1, 0.15) is 5.75 Å². The van der Waals surface area contributed by atoms with Gasteiger partial charge < -0.3 is 15.4 Å². The molecule has 1 fully saturated rings. The van der Waals surface area contributed by atoms with Crippen LogP contribution in [0.3, 0.4) is 0 Å². The molecule has 0 amide bonds. The van der Waals surface area contributed by atoms with Gasteiger partial charge in [0.2, 0.25) is 0 Å². The molecule has 3 heteroatoms. The second kappa shape index (κ2) is 6.04. The van der Waals surface area contributed by atoms with Crippen LogP contribution in [0.25, 0.3) is 0 Å². The van der Waals surface area contributed by atoms with E-state index in [1.807, 2.05) is 12.1 Å². The second-order valence-electron chi connectivity index (χ2n) is 6.91. The van der Waals surface area contributed by atoms with Crippen LogP contribution in [0.1, 0.15) is 33.1 Å². The van der Waals surface area contributed by atoms with Crippen molar-refractivity contribution in [1.29, 1.82) is 0 Å². The second-order valence-corrected chi connectivity index (χ2v) is 6.91. The molecule has 0 spiro atoms. The van der Waals surface area contributed by atoms with Crippen LogP contribution in [0.4, 0.5) is 5.69 Å². The molecule has 3 nitrogen and oxygen atoms in total. The molecule has 1 aliphatic rings. The summed E-state index contributed by atoms with van der Waals surface area (Å²) in [6.07, 6.45) is 3.60. The number of benzene rings is 1. The van der Waals surface area contributed by atoms with Crippen LogP contribution in [-0.2, 0) is 0 Å². The van der Waals surface area contributed by atoms with Crippen molar-refractivity contribution < 1.29 is 4.74 Å². The average molecular weight is 276 g/mol. The zero-order valence-corrected chi connectivity index (χ0v) is 13.2. The fraction of sp³-hybridized carbons (Fsp3) is 0.647. The lowest BCUT2D eigenvalue weighted by atomic mass is 9.70. The molecule has 2 N–H and O–H groups in total. The minimum atomic E-state index is 0.330. The monoisotopic (exact) mass is 276 g/mol. The van der Waals surface area contributed by atoms with Crippen molar-refractivity contribution in [2.24, 2.45) is 17.1 Å². The molecule has 20 heavy (non-hydrogen) atoms. The zero-order valence-electron chi connectivity index (χ0n) is 13.2. The molecule has 112 valence electrons. The van der Waals surface area contributed by atoms with Crippen molar-refractivity contribution in [2.45, 2.75) is 39.2 Å². The van der Waals surface area contributed by atoms with Crippen molar-refractivity contribution in [3.63, 3.8) is 0 Å². The standard InChI is InChI=1S/C17H28N2O/c1-17(2)9-8-16(18)13(11-17)12-19(3)14-6-5-7-15(10-14)20-4/h5-7,10,13,16H,8-9,11-12,18H2,1-4H3. The maximum absolute atomic E-state index is 6.33. The lowest BCUT2D eigenvalue weighted by Gasteiger charge is -2.41. The van der Waals surface area contributed by atoms with Gasteiger partial charge >= 0.3 is 0 Å². The largest absolute Gasteiger partial charge is 0.497 e. The van der Waals surface area contributed by atoms with Crippen LogP contribution >= 0.6 is 0 Å². The predicted molar refractivity (Wildman–Crippen MR) is 85.4 cm³/mol. The Morgan fingerprint density at radius 1 is 1.40 bits per heavy atom. The van der Waals surface area contributed by atoms with E-state index in [0.29, 0.717) is 17.4 Å². The minimum absolute atomic E-state index is 0.330. The number of methoxy groups -OCH3 is 1. The molecule has 0 bridgehead atoms. The fourth-order valence-electron chi connectivity index (χ4n) is 3.26. The Kier molecular flexibility index (Phi) is 4.59. The molecular formula is C17H28N2O. The summed E-state index contributed by atoms with van der Waals surface area (Å²) in [6.45, 7) is 5.73. The van der Waals surface area contributed by atoms with E-state index in [9.17, 15) is 0 Å². The van der Waals surface area contributed by atoms with Gasteiger partial charge in [-0.25, -0.2) is 0 Å². The number of ether oxygens (including phenoxy) is 1. The highest BCUT2D eigenvalue weighted by Gasteiger charge is 2.33. The molecule has 0 aliphatic heterocycles. The summed E-state index contributed by atoms with van der Waals surface area (Å²) in [6, 6.07) is 8.56. The Bertz CT molecular complexity index is 444. The van der Waals surface area contributed by atoms with Crippen molar-refractivity contribution in [2.75, 3.05) is 25.6 Å². The van der Waals surface area contributed by atoms with E-state index >= 15 is 0 Å². The van der Waals surface area contributed by atoms with Crippen LogP contribution in [0, 0.1) is 11.3 Å². The number of rotatable bonds is 4. The van der Waals surface area contributed by atoms with E-state index in [0.717, 1.165) is 18.7 Å². The summed E-state index contributed by atoms with van der Waals surface area (Å²) >= 11 is 0. The van der Waals surface area contributed by atoms with Crippen LogP contribution in [0.2, 0.25) is 0 Å². The normalized spacial score (nSPS) is 25.2. The molecule has 0 aromatic heterocycles. The zero-order chi connectivity index (χ0) is 14.8. The number of nitrogens with zero attached hydrogens (tertiary/aromatic N) is 1. The molecule has 2 rings (SSSR count). The average Bonchev–Trinajstić information content (AvgIpc) is 2.42. The first-order valence-corrected chi connectivity index (χ1v) is 7.52. The summed E-state index contributed by atoms with van der Waals surface area (Å²) in [5.74, 6) is 1.47. The Labute approximate surface area is 123 Å². The molecule has 0 saturated heterocycles. The van der Waals surface area contributed by atoms with E-state index in [2.05, 4.69) is 37.9 Å². The minimum Gasteiger partial charge on any atom is -0.497 e. The van der Waals surface area contributed by atoms with Gasteiger partial charge in [-0.05, 0) is 42.7 Å². The maximum Gasteiger partial charge on any atom is 0.120 e. The van der Waals surface area contributed by atoms with Crippen molar-refractivity contribution >= 4 is 5.69 Å². The van der Waals surface area contributed by atoms with Gasteiger partial charge in [-0.15, -0.1) is 0 Å². The van der Waals surface area contributed by atoms with Crippen molar-refractivity contribution in [1.82, 2.24) is 0 Å². The Morgan fingerprint density at radius 3 is 2.85 bits per heavy atom. The van der Waals surface area contributed by atoms with Gasteiger partial charge in [-0.1, -0.05) is 19.9 Å². The van der Waals surface area contributed by atoms with Gasteiger partial charge in [0.05, 0.1) is 7.11 Å². The summed E-state index contributed by atoms with van der Waals surface area (Å²) in [7, 11) is 3.85. The summed E-state index contributed by atoms with van der Waals surface area (Å²) in [5, 5.41) is 0. The fourth-order valence-corrected chi connectivity index (χ4v) is 3.26. The van der Waals surface area contributed by atoms with Crippen LogP contribution < -0.4 is 15.4 Å². The highest BCUT2D eigenvalue weighted by molar-refractivity contribution is 5.50. The number of hydrogen-bond acceptors (Lipinski definition) is 3. The lowest BCUT2D eigenvalue weighted by Crippen LogP contribution is -2.44. The number of hydrogen-bond donors (Lipinski definition) is 1. The van der Waals surface area contributed by atoms with Crippen molar-refractivity contribution in [3.05, 3.63) is 24.3 Å². The quantitative estimate of drug-likeness (QED) is 0.917. The molecule has 1 aromatic carbocycles. The molecule has 1 aliphatic carbocycles. The van der Waals surface area contributed by atoms with Gasteiger partial charge in [0.15, 0.2) is 0 Å². The van der Waals surface area contributed by atoms with Gasteiger partial charge in [-0.2, -0.15) is 0 Å². The third-order valence-corrected chi connectivity index (χ3v) is 4.58. The Balaban J connectivity index is 2.04. The molecular weight excluding hydrogens is 248 g/mol. The topological polar surface area (TPSA) is 38.5 Å². The van der Waals surface area contributed by atoms with E-state index < -0.39 is 0 Å². The maximum atomic E-state index is 6.33. The molecule has 1 aromatic rings. The predicted octanol–water partition coefficient (Wildman–Crippen LogP) is 3.29. The highest BCUT2D eigenvalue weighted by Crippen LogP contribution is 2.38. The number of anilines is 1. The number of nitrogens with two attached hydrogens (primary N) is 1. The van der Waals surface area contributed by atoms with Crippen LogP contribution in [0.5, 0.6) is 5.75 Å². The Morgan fingerprint density at radius 2 is 2.15 bits per heavy atom. The summed E-state index contributed by atoms with van der Waals surface area (Å²) in [5.41, 5.74) is 7.95. The molecule has 2 unspecified atom stereocenters. The van der Waals surface area contributed by atoms with E-state index in [1.165, 1.54) is 18.5 Å². The van der Waals surface area contributed by atoms with Crippen LogP contribution in [0.15, 0.2) is 24.3 Å². The first-order valence-electron chi connectivity index (χ1n) is 7.52. The summed E-state index contributed by atoms with van der Waals surface area (Å²) in [4.78, 5) is 2.30. The van der Waals surface area contributed by atoms with E-state index in [1.54, 1.807) is 7.11 Å². The molecule has 2 atom stereocenters. The SMILES string of the molecule is COc1cccc(N(C)CC2CC(C)(C)CCC2N)c1. The van der Waals surface area contributed by atoms with Gasteiger partial charge in [0, 0.05) is 31.4 Å². The summed E-state index contributed by atoms with van der Waals surface area (Å²) < 4.78 is 5.30. The van der Waals surface area contributed by atoms with E-state index in [-0.39, 0.29) is 0 Å². The molecule has 0 radical (unpaired) electrons. The molecule has 0 heterocycles. The molecule has 1 saturated carbocycles. The smallest absolute Gasteiger partial charge is 0.120 e. The van der Waals surface area contributed by atoms with Gasteiger partial charge in [-0.3, -0.25) is 0 Å². The highest BCUT2D eigenvalue weighted by atomic mass is 16.5. The third kappa shape index (κ3) is 3.66. The Hall–Kier alpha value is -1.22. The first kappa shape index (κ1) is 15.2. The lowest BCUT2D eigenvalue weighted by molar-refractivity contribution is 0.161. The first-order chi connectivity index (χ1) is 9.41.